The van der Waals surface area contributed by atoms with E-state index in [0.717, 1.165) is 0 Å². The lowest BCUT2D eigenvalue weighted by Gasteiger charge is -2.13. The maximum absolute atomic E-state index is 12.3. The highest BCUT2D eigenvalue weighted by Gasteiger charge is 2.18. The van der Waals surface area contributed by atoms with E-state index in [-0.39, 0.29) is 21.9 Å². The van der Waals surface area contributed by atoms with Gasteiger partial charge in [-0.05, 0) is 37.3 Å². The summed E-state index contributed by atoms with van der Waals surface area (Å²) in [5.41, 5.74) is 0.744. The van der Waals surface area contributed by atoms with Crippen LogP contribution in [0, 0.1) is 0 Å². The van der Waals surface area contributed by atoms with Crippen molar-refractivity contribution in [1.29, 1.82) is 0 Å². The summed E-state index contributed by atoms with van der Waals surface area (Å²) in [6.45, 7) is 1.63. The average molecular weight is 422 g/mol. The van der Waals surface area contributed by atoms with Crippen LogP contribution in [0.5, 0.6) is 11.5 Å². The van der Waals surface area contributed by atoms with Gasteiger partial charge in [-0.25, -0.2) is 9.59 Å². The Hall–Kier alpha value is -3.26. The van der Waals surface area contributed by atoms with E-state index in [1.165, 1.54) is 32.4 Å². The fourth-order valence-electron chi connectivity index (χ4n) is 2.38. The number of amides is 1. The molecule has 1 amide bonds. The van der Waals surface area contributed by atoms with Crippen molar-refractivity contribution in [2.24, 2.45) is 0 Å². The Morgan fingerprint density at radius 3 is 2.45 bits per heavy atom. The fraction of sp³-hybridized carbons (Fsp3) is 0.250. The molecular weight excluding hydrogens is 402 g/mol. The number of carbonyl (C=O) groups excluding carboxylic acids is 3. The molecular formula is C20H20ClNO7. The van der Waals surface area contributed by atoms with Crippen LogP contribution in [0.15, 0.2) is 36.4 Å². The third-order valence-corrected chi connectivity index (χ3v) is 3.94. The smallest absolute Gasteiger partial charge is 0.338 e. The lowest BCUT2D eigenvalue weighted by atomic mass is 10.2. The SMILES string of the molecule is CCOc1c(Cl)cc(C(=O)OCC(=O)Nc2cccc(C(=O)OC)c2)cc1OC. The normalized spacial score (nSPS) is 10.1. The number of methoxy groups -OCH3 is 2. The molecule has 154 valence electrons. The van der Waals surface area contributed by atoms with E-state index < -0.39 is 24.5 Å². The Labute approximate surface area is 172 Å². The van der Waals surface area contributed by atoms with Gasteiger partial charge < -0.3 is 24.3 Å². The minimum atomic E-state index is -0.758. The number of anilines is 1. The van der Waals surface area contributed by atoms with Crippen molar-refractivity contribution >= 4 is 35.1 Å². The molecule has 9 heteroatoms. The van der Waals surface area contributed by atoms with Crippen LogP contribution in [-0.4, -0.2) is 45.3 Å². The Bertz CT molecular complexity index is 914. The molecule has 1 N–H and O–H groups in total. The zero-order chi connectivity index (χ0) is 21.4. The minimum absolute atomic E-state index is 0.107. The summed E-state index contributed by atoms with van der Waals surface area (Å²) >= 11 is 6.13. The van der Waals surface area contributed by atoms with Gasteiger partial charge in [0.1, 0.15) is 0 Å². The molecule has 0 aromatic heterocycles. The molecule has 0 aliphatic heterocycles. The first-order valence-corrected chi connectivity index (χ1v) is 8.93. The third-order valence-electron chi connectivity index (χ3n) is 3.66. The van der Waals surface area contributed by atoms with E-state index in [0.29, 0.717) is 18.0 Å². The molecule has 0 spiro atoms. The zero-order valence-corrected chi connectivity index (χ0v) is 16.9. The Morgan fingerprint density at radius 1 is 1.03 bits per heavy atom. The maximum Gasteiger partial charge on any atom is 0.338 e. The standard InChI is InChI=1S/C20H20ClNO7/c1-4-28-18-15(21)9-13(10-16(18)26-2)20(25)29-11-17(23)22-14-7-5-6-12(8-14)19(24)27-3/h5-10H,4,11H2,1-3H3,(H,22,23). The maximum atomic E-state index is 12.3. The van der Waals surface area contributed by atoms with Gasteiger partial charge in [0, 0.05) is 5.69 Å². The first-order chi connectivity index (χ1) is 13.9. The van der Waals surface area contributed by atoms with Crippen LogP contribution in [0.1, 0.15) is 27.6 Å². The second-order valence-electron chi connectivity index (χ2n) is 5.62. The number of nitrogens with one attached hydrogen (secondary N) is 1. The molecule has 0 atom stereocenters. The Kier molecular flexibility index (Phi) is 7.85. The molecule has 29 heavy (non-hydrogen) atoms. The van der Waals surface area contributed by atoms with Crippen molar-refractivity contribution < 1.29 is 33.3 Å². The van der Waals surface area contributed by atoms with E-state index in [9.17, 15) is 14.4 Å². The van der Waals surface area contributed by atoms with Gasteiger partial charge in [0.2, 0.25) is 0 Å². The predicted octanol–water partition coefficient (Wildman–Crippen LogP) is 3.33. The van der Waals surface area contributed by atoms with Gasteiger partial charge in [-0.3, -0.25) is 4.79 Å². The lowest BCUT2D eigenvalue weighted by molar-refractivity contribution is -0.119. The van der Waals surface area contributed by atoms with Gasteiger partial charge >= 0.3 is 11.9 Å². The molecule has 0 aliphatic rings. The topological polar surface area (TPSA) is 100 Å². The van der Waals surface area contributed by atoms with Crippen molar-refractivity contribution in [3.8, 4) is 11.5 Å². The lowest BCUT2D eigenvalue weighted by Crippen LogP contribution is -2.21. The molecule has 2 aromatic carbocycles. The monoisotopic (exact) mass is 421 g/mol. The van der Waals surface area contributed by atoms with Gasteiger partial charge in [-0.2, -0.15) is 0 Å². The number of rotatable bonds is 8. The van der Waals surface area contributed by atoms with Crippen molar-refractivity contribution in [1.82, 2.24) is 0 Å². The number of carbonyl (C=O) groups is 3. The molecule has 0 fully saturated rings. The highest BCUT2D eigenvalue weighted by atomic mass is 35.5. The Morgan fingerprint density at radius 2 is 1.79 bits per heavy atom. The summed E-state index contributed by atoms with van der Waals surface area (Å²) in [7, 11) is 2.67. The van der Waals surface area contributed by atoms with E-state index in [1.54, 1.807) is 25.1 Å². The zero-order valence-electron chi connectivity index (χ0n) is 16.1. The van der Waals surface area contributed by atoms with Gasteiger partial charge in [-0.15, -0.1) is 0 Å². The molecule has 0 saturated carbocycles. The molecule has 0 heterocycles. The summed E-state index contributed by atoms with van der Waals surface area (Å²) in [5, 5.41) is 2.72. The quantitative estimate of drug-likeness (QED) is 0.652. The molecule has 0 unspecified atom stereocenters. The molecule has 2 rings (SSSR count). The molecule has 0 aliphatic carbocycles. The summed E-state index contributed by atoms with van der Waals surface area (Å²) in [6, 6.07) is 8.95. The van der Waals surface area contributed by atoms with Gasteiger partial charge in [0.15, 0.2) is 18.1 Å². The summed E-state index contributed by atoms with van der Waals surface area (Å²) in [5.74, 6) is -1.28. The van der Waals surface area contributed by atoms with Gasteiger partial charge in [0.05, 0.1) is 37.0 Å². The first kappa shape index (κ1) is 22.0. The minimum Gasteiger partial charge on any atom is -0.493 e. The number of benzene rings is 2. The highest BCUT2D eigenvalue weighted by molar-refractivity contribution is 6.32. The molecule has 0 radical (unpaired) electrons. The van der Waals surface area contributed by atoms with Crippen molar-refractivity contribution in [3.05, 3.63) is 52.5 Å². The number of halogens is 1. The van der Waals surface area contributed by atoms with E-state index in [1.807, 2.05) is 0 Å². The van der Waals surface area contributed by atoms with Crippen LogP contribution >= 0.6 is 11.6 Å². The van der Waals surface area contributed by atoms with Gasteiger partial charge in [-0.1, -0.05) is 17.7 Å². The fourth-order valence-corrected chi connectivity index (χ4v) is 2.64. The number of esters is 2. The van der Waals surface area contributed by atoms with Crippen LogP contribution in [0.25, 0.3) is 0 Å². The molecule has 2 aromatic rings. The number of hydrogen-bond acceptors (Lipinski definition) is 7. The van der Waals surface area contributed by atoms with Crippen molar-refractivity contribution in [2.75, 3.05) is 32.8 Å². The van der Waals surface area contributed by atoms with Crippen LogP contribution < -0.4 is 14.8 Å². The molecule has 8 nitrogen and oxygen atoms in total. The third kappa shape index (κ3) is 5.86. The van der Waals surface area contributed by atoms with Crippen molar-refractivity contribution in [3.63, 3.8) is 0 Å². The largest absolute Gasteiger partial charge is 0.493 e. The van der Waals surface area contributed by atoms with E-state index in [2.05, 4.69) is 10.1 Å². The molecule has 0 saturated heterocycles. The van der Waals surface area contributed by atoms with Crippen LogP contribution in [0.4, 0.5) is 5.69 Å². The van der Waals surface area contributed by atoms with Crippen LogP contribution in [-0.2, 0) is 14.3 Å². The number of ether oxygens (including phenoxy) is 4. The van der Waals surface area contributed by atoms with Crippen LogP contribution in [0.3, 0.4) is 0 Å². The van der Waals surface area contributed by atoms with E-state index in [4.69, 9.17) is 25.8 Å². The van der Waals surface area contributed by atoms with Crippen LogP contribution in [0.2, 0.25) is 5.02 Å². The summed E-state index contributed by atoms with van der Waals surface area (Å²) < 4.78 is 20.2. The predicted molar refractivity (Wildman–Crippen MR) is 106 cm³/mol. The van der Waals surface area contributed by atoms with E-state index >= 15 is 0 Å². The molecule has 0 bridgehead atoms. The number of hydrogen-bond donors (Lipinski definition) is 1. The Balaban J connectivity index is 2.01. The first-order valence-electron chi connectivity index (χ1n) is 8.55. The highest BCUT2D eigenvalue weighted by Crippen LogP contribution is 2.36. The average Bonchev–Trinajstić information content (AvgIpc) is 2.72. The second-order valence-corrected chi connectivity index (χ2v) is 6.03. The van der Waals surface area contributed by atoms with Gasteiger partial charge in [0.25, 0.3) is 5.91 Å². The van der Waals surface area contributed by atoms with Crippen molar-refractivity contribution in [2.45, 2.75) is 6.92 Å². The summed E-state index contributed by atoms with van der Waals surface area (Å²) in [4.78, 5) is 35.8. The summed E-state index contributed by atoms with van der Waals surface area (Å²) in [6.07, 6.45) is 0. The second kappa shape index (κ2) is 10.3.